The molecule has 1 unspecified atom stereocenters. The van der Waals surface area contributed by atoms with E-state index in [0.29, 0.717) is 6.42 Å². The van der Waals surface area contributed by atoms with Crippen LogP contribution in [0, 0.1) is 5.41 Å². The van der Waals surface area contributed by atoms with Gasteiger partial charge >= 0.3 is 27.3 Å². The van der Waals surface area contributed by atoms with E-state index in [2.05, 4.69) is 4.74 Å². The Labute approximate surface area is 138 Å². The Morgan fingerprint density at radius 3 is 2.21 bits per heavy atom. The highest BCUT2D eigenvalue weighted by Crippen LogP contribution is 2.28. The Morgan fingerprint density at radius 2 is 1.79 bits per heavy atom. The van der Waals surface area contributed by atoms with Gasteiger partial charge in [0, 0.05) is 6.42 Å². The first-order valence-corrected chi connectivity index (χ1v) is 8.51. The molecule has 0 bridgehead atoms. The van der Waals surface area contributed by atoms with E-state index >= 15 is 0 Å². The van der Waals surface area contributed by atoms with E-state index in [9.17, 15) is 31.2 Å². The first kappa shape index (κ1) is 22.6. The van der Waals surface area contributed by atoms with E-state index in [0.717, 1.165) is 0 Å². The third-order valence-electron chi connectivity index (χ3n) is 3.33. The Hall–Kier alpha value is -1.36. The van der Waals surface area contributed by atoms with Gasteiger partial charge in [-0.2, -0.15) is 17.2 Å². The number of alkyl halides is 3. The fraction of sp³-hybridized carbons (Fsp3) is 0.846. The summed E-state index contributed by atoms with van der Waals surface area (Å²) in [4.78, 5) is 23.0. The average molecular weight is 378 g/mol. The monoisotopic (exact) mass is 378 g/mol. The SMILES string of the molecule is CCC(C)(C)C(=O)OCCCC(=O)OC(CF)C(F)(F)S(=O)(=O)O. The zero-order chi connectivity index (χ0) is 19.2. The first-order valence-electron chi connectivity index (χ1n) is 7.07. The average Bonchev–Trinajstić information content (AvgIpc) is 2.47. The quantitative estimate of drug-likeness (QED) is 0.352. The lowest BCUT2D eigenvalue weighted by atomic mass is 9.91. The van der Waals surface area contributed by atoms with Crippen molar-refractivity contribution in [3.63, 3.8) is 0 Å². The minimum atomic E-state index is -5.93. The van der Waals surface area contributed by atoms with E-state index in [1.807, 2.05) is 0 Å². The van der Waals surface area contributed by atoms with Crippen molar-refractivity contribution < 1.29 is 45.2 Å². The fourth-order valence-corrected chi connectivity index (χ4v) is 1.74. The highest BCUT2D eigenvalue weighted by Gasteiger charge is 2.54. The maximum atomic E-state index is 13.2. The molecule has 1 atom stereocenters. The normalized spacial score (nSPS) is 14.1. The van der Waals surface area contributed by atoms with Gasteiger partial charge in [-0.25, -0.2) is 4.39 Å². The molecule has 0 aromatic rings. The van der Waals surface area contributed by atoms with Crippen LogP contribution in [0.25, 0.3) is 0 Å². The molecule has 0 spiro atoms. The summed E-state index contributed by atoms with van der Waals surface area (Å²) in [5.41, 5.74) is -0.711. The molecule has 142 valence electrons. The molecule has 0 aromatic carbocycles. The van der Waals surface area contributed by atoms with Crippen molar-refractivity contribution in [1.82, 2.24) is 0 Å². The summed E-state index contributed by atoms with van der Waals surface area (Å²) in [6.07, 6.45) is -3.02. The van der Waals surface area contributed by atoms with E-state index in [-0.39, 0.29) is 13.0 Å². The number of esters is 2. The molecule has 0 rings (SSSR count). The van der Waals surface area contributed by atoms with Gasteiger partial charge in [-0.05, 0) is 26.7 Å². The van der Waals surface area contributed by atoms with Crippen molar-refractivity contribution in [2.75, 3.05) is 13.3 Å². The van der Waals surface area contributed by atoms with Gasteiger partial charge in [0.15, 0.2) is 0 Å². The van der Waals surface area contributed by atoms with Gasteiger partial charge in [0.05, 0.1) is 12.0 Å². The molecule has 0 saturated carbocycles. The van der Waals surface area contributed by atoms with Gasteiger partial charge in [0.2, 0.25) is 6.10 Å². The topological polar surface area (TPSA) is 107 Å². The molecular weight excluding hydrogens is 357 g/mol. The molecule has 0 heterocycles. The van der Waals surface area contributed by atoms with Crippen LogP contribution in [0.1, 0.15) is 40.0 Å². The minimum absolute atomic E-state index is 0.0825. The number of hydrogen-bond donors (Lipinski definition) is 1. The van der Waals surface area contributed by atoms with Crippen LogP contribution in [-0.4, -0.2) is 49.5 Å². The zero-order valence-corrected chi connectivity index (χ0v) is 14.4. The number of carbonyl (C=O) groups is 2. The van der Waals surface area contributed by atoms with Crippen LogP contribution < -0.4 is 0 Å². The van der Waals surface area contributed by atoms with Gasteiger partial charge in [0.1, 0.15) is 6.67 Å². The van der Waals surface area contributed by atoms with Gasteiger partial charge in [-0.1, -0.05) is 6.92 Å². The standard InChI is InChI=1S/C13H21F3O7S/c1-4-12(2,3)11(18)22-7-5-6-10(17)23-9(8-14)13(15,16)24(19,20)21/h9H,4-8H2,1-3H3,(H,19,20,21). The Balaban J connectivity index is 4.43. The molecule has 0 fully saturated rings. The van der Waals surface area contributed by atoms with Crippen LogP contribution in [0.2, 0.25) is 0 Å². The largest absolute Gasteiger partial charge is 0.465 e. The molecule has 0 amide bonds. The van der Waals surface area contributed by atoms with Gasteiger partial charge in [-0.15, -0.1) is 0 Å². The predicted octanol–water partition coefficient (Wildman–Crippen LogP) is 2.11. The molecule has 11 heteroatoms. The molecule has 0 radical (unpaired) electrons. The molecular formula is C13H21F3O7S. The molecule has 24 heavy (non-hydrogen) atoms. The molecule has 0 aliphatic carbocycles. The summed E-state index contributed by atoms with van der Waals surface area (Å²) in [6.45, 7) is 2.91. The van der Waals surface area contributed by atoms with E-state index in [1.165, 1.54) is 0 Å². The molecule has 0 saturated heterocycles. The molecule has 0 aliphatic heterocycles. The molecule has 7 nitrogen and oxygen atoms in total. The van der Waals surface area contributed by atoms with Crippen LogP contribution in [0.3, 0.4) is 0 Å². The first-order chi connectivity index (χ1) is 10.8. The third kappa shape index (κ3) is 6.27. The van der Waals surface area contributed by atoms with E-state index in [4.69, 9.17) is 9.29 Å². The number of carbonyl (C=O) groups excluding carboxylic acids is 2. The fourth-order valence-electron chi connectivity index (χ4n) is 1.29. The highest BCUT2D eigenvalue weighted by atomic mass is 32.2. The van der Waals surface area contributed by atoms with Gasteiger partial charge in [0.25, 0.3) is 0 Å². The zero-order valence-electron chi connectivity index (χ0n) is 13.6. The number of halogens is 3. The number of rotatable bonds is 10. The summed E-state index contributed by atoms with van der Waals surface area (Å²) in [5.74, 6) is -1.82. The predicted molar refractivity (Wildman–Crippen MR) is 76.6 cm³/mol. The summed E-state index contributed by atoms with van der Waals surface area (Å²) < 4.78 is 77.1. The maximum absolute atomic E-state index is 13.2. The molecule has 0 aliphatic rings. The van der Waals surface area contributed by atoms with Crippen molar-refractivity contribution >= 4 is 22.1 Å². The third-order valence-corrected chi connectivity index (χ3v) is 4.28. The molecule has 1 N–H and O–H groups in total. The lowest BCUT2D eigenvalue weighted by Gasteiger charge is -2.22. The smallest absolute Gasteiger partial charge is 0.408 e. The van der Waals surface area contributed by atoms with Crippen LogP contribution in [0.4, 0.5) is 13.2 Å². The van der Waals surface area contributed by atoms with Crippen LogP contribution in [0.15, 0.2) is 0 Å². The second kappa shape index (κ2) is 8.65. The number of hydrogen-bond acceptors (Lipinski definition) is 6. The second-order valence-electron chi connectivity index (χ2n) is 5.65. The van der Waals surface area contributed by atoms with Crippen molar-refractivity contribution in [3.8, 4) is 0 Å². The van der Waals surface area contributed by atoms with Gasteiger partial charge < -0.3 is 9.47 Å². The Kier molecular flexibility index (Phi) is 8.16. The lowest BCUT2D eigenvalue weighted by molar-refractivity contribution is -0.164. The van der Waals surface area contributed by atoms with Crippen molar-refractivity contribution in [1.29, 1.82) is 0 Å². The highest BCUT2D eigenvalue weighted by molar-refractivity contribution is 7.86. The second-order valence-corrected chi connectivity index (χ2v) is 7.14. The maximum Gasteiger partial charge on any atom is 0.408 e. The van der Waals surface area contributed by atoms with Crippen LogP contribution >= 0.6 is 0 Å². The summed E-state index contributed by atoms with van der Waals surface area (Å²) in [6, 6.07) is 0. The van der Waals surface area contributed by atoms with Crippen molar-refractivity contribution in [2.45, 2.75) is 51.4 Å². The Bertz CT molecular complexity index is 546. The Morgan fingerprint density at radius 1 is 1.25 bits per heavy atom. The minimum Gasteiger partial charge on any atom is -0.465 e. The van der Waals surface area contributed by atoms with Crippen molar-refractivity contribution in [2.24, 2.45) is 5.41 Å². The van der Waals surface area contributed by atoms with Crippen LogP contribution in [-0.2, 0) is 29.2 Å². The van der Waals surface area contributed by atoms with Crippen molar-refractivity contribution in [3.05, 3.63) is 0 Å². The van der Waals surface area contributed by atoms with E-state index < -0.39 is 51.9 Å². The molecule has 0 aromatic heterocycles. The van der Waals surface area contributed by atoms with Crippen LogP contribution in [0.5, 0.6) is 0 Å². The van der Waals surface area contributed by atoms with E-state index in [1.54, 1.807) is 20.8 Å². The summed E-state index contributed by atoms with van der Waals surface area (Å²) in [5, 5.41) is -4.96. The summed E-state index contributed by atoms with van der Waals surface area (Å²) in [7, 11) is -5.93. The lowest BCUT2D eigenvalue weighted by Crippen LogP contribution is -2.45. The van der Waals surface area contributed by atoms with Gasteiger partial charge in [-0.3, -0.25) is 14.1 Å². The summed E-state index contributed by atoms with van der Waals surface area (Å²) >= 11 is 0. The number of ether oxygens (including phenoxy) is 2.